The third kappa shape index (κ3) is 4.07. The zero-order chi connectivity index (χ0) is 9.03. The average Bonchev–Trinajstić information content (AvgIpc) is 2.81. The van der Waals surface area contributed by atoms with Gasteiger partial charge in [-0.25, -0.2) is 0 Å². The second kappa shape index (κ2) is 4.24. The molecule has 1 fully saturated rings. The quantitative estimate of drug-likeness (QED) is 0.360. The van der Waals surface area contributed by atoms with Gasteiger partial charge in [0.2, 0.25) is 0 Å². The summed E-state index contributed by atoms with van der Waals surface area (Å²) in [5.41, 5.74) is 0. The van der Waals surface area contributed by atoms with Crippen LogP contribution < -0.4 is 0 Å². The van der Waals surface area contributed by atoms with Gasteiger partial charge in [-0.2, -0.15) is 0 Å². The highest BCUT2D eigenvalue weighted by molar-refractivity contribution is 6.77. The van der Waals surface area contributed by atoms with Crippen molar-refractivity contribution >= 4 is 8.07 Å². The SMILES string of the molecule is C/C=C/C[Si](C)(C)CCN1CC1. The lowest BCUT2D eigenvalue weighted by molar-refractivity contribution is 0.589. The molecule has 12 heavy (non-hydrogen) atoms. The van der Waals surface area contributed by atoms with E-state index in [1.54, 1.807) is 0 Å². The first-order chi connectivity index (χ1) is 5.64. The first kappa shape index (κ1) is 10.0. The maximum absolute atomic E-state index is 2.53. The molecule has 0 saturated carbocycles. The first-order valence-electron chi connectivity index (χ1n) is 4.97. The fourth-order valence-corrected chi connectivity index (χ4v) is 3.29. The summed E-state index contributed by atoms with van der Waals surface area (Å²) in [5.74, 6) is 0. The third-order valence-electron chi connectivity index (χ3n) is 2.55. The van der Waals surface area contributed by atoms with E-state index in [-0.39, 0.29) is 0 Å². The van der Waals surface area contributed by atoms with Gasteiger partial charge >= 0.3 is 0 Å². The zero-order valence-corrected chi connectivity index (χ0v) is 9.64. The Morgan fingerprint density at radius 2 is 2.00 bits per heavy atom. The minimum Gasteiger partial charge on any atom is -0.301 e. The summed E-state index contributed by atoms with van der Waals surface area (Å²) >= 11 is 0. The first-order valence-corrected chi connectivity index (χ1v) is 8.39. The van der Waals surface area contributed by atoms with E-state index in [2.05, 4.69) is 37.1 Å². The second-order valence-electron chi connectivity index (χ2n) is 4.53. The third-order valence-corrected chi connectivity index (χ3v) is 5.47. The van der Waals surface area contributed by atoms with Crippen LogP contribution in [0.1, 0.15) is 6.92 Å². The highest BCUT2D eigenvalue weighted by Crippen LogP contribution is 2.18. The van der Waals surface area contributed by atoms with Crippen molar-refractivity contribution in [2.45, 2.75) is 32.1 Å². The number of hydrogen-bond acceptors (Lipinski definition) is 1. The summed E-state index contributed by atoms with van der Waals surface area (Å²) in [6.45, 7) is 11.2. The molecule has 0 atom stereocenters. The lowest BCUT2D eigenvalue weighted by Gasteiger charge is -2.20. The second-order valence-corrected chi connectivity index (χ2v) is 9.77. The highest BCUT2D eigenvalue weighted by Gasteiger charge is 2.23. The number of rotatable bonds is 5. The minimum atomic E-state index is -0.876. The van der Waals surface area contributed by atoms with E-state index >= 15 is 0 Å². The van der Waals surface area contributed by atoms with Crippen molar-refractivity contribution in [2.75, 3.05) is 19.6 Å². The molecule has 0 aromatic heterocycles. The molecule has 0 spiro atoms. The highest BCUT2D eigenvalue weighted by atomic mass is 28.3. The van der Waals surface area contributed by atoms with E-state index in [0.717, 1.165) is 0 Å². The lowest BCUT2D eigenvalue weighted by atomic mass is 10.6. The summed E-state index contributed by atoms with van der Waals surface area (Å²) in [4.78, 5) is 2.53. The van der Waals surface area contributed by atoms with Crippen LogP contribution in [0.3, 0.4) is 0 Å². The molecule has 1 nitrogen and oxygen atoms in total. The van der Waals surface area contributed by atoms with Crippen LogP contribution in [-0.2, 0) is 0 Å². The topological polar surface area (TPSA) is 3.01 Å². The lowest BCUT2D eigenvalue weighted by Crippen LogP contribution is -2.27. The standard InChI is InChI=1S/C10H21NSi/c1-4-5-9-12(2,3)10-8-11-6-7-11/h4-5H,6-10H2,1-3H3/b5-4+. The van der Waals surface area contributed by atoms with Crippen LogP contribution >= 0.6 is 0 Å². The van der Waals surface area contributed by atoms with Crippen LogP contribution in [0.5, 0.6) is 0 Å². The van der Waals surface area contributed by atoms with Gasteiger partial charge < -0.3 is 4.90 Å². The smallest absolute Gasteiger partial charge is 0.0523 e. The molecule has 2 heteroatoms. The van der Waals surface area contributed by atoms with Crippen LogP contribution in [0.2, 0.25) is 25.2 Å². The monoisotopic (exact) mass is 183 g/mol. The van der Waals surface area contributed by atoms with Crippen LogP contribution in [0.4, 0.5) is 0 Å². The van der Waals surface area contributed by atoms with Crippen molar-refractivity contribution < 1.29 is 0 Å². The Hall–Kier alpha value is -0.0831. The number of hydrogen-bond donors (Lipinski definition) is 0. The van der Waals surface area contributed by atoms with E-state index in [0.29, 0.717) is 0 Å². The predicted molar refractivity (Wildman–Crippen MR) is 58.4 cm³/mol. The Morgan fingerprint density at radius 1 is 1.33 bits per heavy atom. The fraction of sp³-hybridized carbons (Fsp3) is 0.800. The largest absolute Gasteiger partial charge is 0.301 e. The molecule has 0 aromatic carbocycles. The van der Waals surface area contributed by atoms with Crippen molar-refractivity contribution in [1.29, 1.82) is 0 Å². The van der Waals surface area contributed by atoms with E-state index in [1.165, 1.54) is 31.7 Å². The van der Waals surface area contributed by atoms with Crippen LogP contribution in [0.15, 0.2) is 12.2 Å². The van der Waals surface area contributed by atoms with E-state index < -0.39 is 8.07 Å². The Balaban J connectivity index is 2.15. The molecule has 0 N–H and O–H groups in total. The Kier molecular flexibility index (Phi) is 3.53. The molecule has 0 radical (unpaired) electrons. The minimum absolute atomic E-state index is 0.876. The molecule has 0 aromatic rings. The summed E-state index contributed by atoms with van der Waals surface area (Å²) in [5, 5.41) is 0. The average molecular weight is 183 g/mol. The molecule has 0 unspecified atom stereocenters. The fourth-order valence-electron chi connectivity index (χ4n) is 1.29. The van der Waals surface area contributed by atoms with Crippen molar-refractivity contribution in [2.24, 2.45) is 0 Å². The van der Waals surface area contributed by atoms with E-state index in [1.807, 2.05) is 0 Å². The van der Waals surface area contributed by atoms with Gasteiger partial charge in [0.25, 0.3) is 0 Å². The summed E-state index contributed by atoms with van der Waals surface area (Å²) < 4.78 is 0. The predicted octanol–water partition coefficient (Wildman–Crippen LogP) is 2.59. The van der Waals surface area contributed by atoms with Gasteiger partial charge in [0, 0.05) is 13.1 Å². The van der Waals surface area contributed by atoms with Crippen molar-refractivity contribution in [1.82, 2.24) is 4.90 Å². The zero-order valence-electron chi connectivity index (χ0n) is 8.64. The maximum atomic E-state index is 2.53. The van der Waals surface area contributed by atoms with Gasteiger partial charge in [0.1, 0.15) is 0 Å². The van der Waals surface area contributed by atoms with Crippen molar-refractivity contribution in [3.05, 3.63) is 12.2 Å². The molecule has 0 amide bonds. The van der Waals surface area contributed by atoms with Crippen LogP contribution in [0, 0.1) is 0 Å². The van der Waals surface area contributed by atoms with Gasteiger partial charge in [0.15, 0.2) is 0 Å². The molecular formula is C10H21NSi. The van der Waals surface area contributed by atoms with Gasteiger partial charge in [-0.3, -0.25) is 0 Å². The molecule has 1 aliphatic rings. The molecule has 1 heterocycles. The molecule has 70 valence electrons. The normalized spacial score (nSPS) is 18.9. The van der Waals surface area contributed by atoms with Crippen LogP contribution in [-0.4, -0.2) is 32.6 Å². The molecule has 0 aliphatic carbocycles. The Labute approximate surface area is 77.5 Å². The molecule has 1 saturated heterocycles. The van der Waals surface area contributed by atoms with Crippen molar-refractivity contribution in [3.8, 4) is 0 Å². The molecule has 1 rings (SSSR count). The molecule has 0 bridgehead atoms. The summed E-state index contributed by atoms with van der Waals surface area (Å²) in [6, 6.07) is 2.83. The Morgan fingerprint density at radius 3 is 2.50 bits per heavy atom. The van der Waals surface area contributed by atoms with Gasteiger partial charge in [-0.05, 0) is 25.6 Å². The summed E-state index contributed by atoms with van der Waals surface area (Å²) in [6.07, 6.45) is 4.53. The van der Waals surface area contributed by atoms with E-state index in [9.17, 15) is 0 Å². The van der Waals surface area contributed by atoms with Gasteiger partial charge in [-0.15, -0.1) is 0 Å². The van der Waals surface area contributed by atoms with E-state index in [4.69, 9.17) is 0 Å². The Bertz CT molecular complexity index is 159. The van der Waals surface area contributed by atoms with Gasteiger partial charge in [0.05, 0.1) is 8.07 Å². The number of nitrogens with zero attached hydrogens (tertiary/aromatic N) is 1. The number of allylic oxidation sites excluding steroid dienone is 2. The van der Waals surface area contributed by atoms with Crippen molar-refractivity contribution in [3.63, 3.8) is 0 Å². The van der Waals surface area contributed by atoms with Crippen LogP contribution in [0.25, 0.3) is 0 Å². The molecular weight excluding hydrogens is 162 g/mol. The summed E-state index contributed by atoms with van der Waals surface area (Å²) in [7, 11) is -0.876. The molecule has 1 aliphatic heterocycles. The van der Waals surface area contributed by atoms with Gasteiger partial charge in [-0.1, -0.05) is 25.2 Å². The maximum Gasteiger partial charge on any atom is 0.0523 e.